The fourth-order valence-corrected chi connectivity index (χ4v) is 2.77. The maximum absolute atomic E-state index is 12.6. The molecule has 0 aliphatic rings. The number of ether oxygens (including phenoxy) is 2. The third-order valence-electron chi connectivity index (χ3n) is 4.10. The SMILES string of the molecule is CCOc1ccc(C(CC(=O)c2ccccc2)C(C#N)C#N)cc1OC. The Hall–Kier alpha value is -3.31. The van der Waals surface area contributed by atoms with E-state index < -0.39 is 11.8 Å². The second-order valence-corrected chi connectivity index (χ2v) is 5.68. The van der Waals surface area contributed by atoms with Crippen LogP contribution in [0.25, 0.3) is 0 Å². The molecule has 1 unspecified atom stereocenters. The third-order valence-corrected chi connectivity index (χ3v) is 4.10. The summed E-state index contributed by atoms with van der Waals surface area (Å²) in [5.74, 6) is -0.514. The molecule has 0 aliphatic heterocycles. The number of rotatable bonds is 8. The number of nitriles is 2. The lowest BCUT2D eigenvalue weighted by atomic mass is 9.82. The van der Waals surface area contributed by atoms with Crippen LogP contribution < -0.4 is 9.47 Å². The van der Waals surface area contributed by atoms with Crippen LogP contribution in [-0.4, -0.2) is 19.5 Å². The molecular formula is C21H20N2O3. The first-order chi connectivity index (χ1) is 12.6. The smallest absolute Gasteiger partial charge is 0.163 e. The number of hydrogen-bond donors (Lipinski definition) is 0. The van der Waals surface area contributed by atoms with E-state index in [0.717, 1.165) is 0 Å². The molecule has 0 aliphatic carbocycles. The summed E-state index contributed by atoms with van der Waals surface area (Å²) in [5.41, 5.74) is 1.26. The van der Waals surface area contributed by atoms with Gasteiger partial charge in [-0.05, 0) is 24.6 Å². The summed E-state index contributed by atoms with van der Waals surface area (Å²) in [4.78, 5) is 12.6. The zero-order valence-corrected chi connectivity index (χ0v) is 14.8. The highest BCUT2D eigenvalue weighted by molar-refractivity contribution is 5.96. The normalized spacial score (nSPS) is 11.3. The molecule has 2 aromatic rings. The Labute approximate surface area is 153 Å². The van der Waals surface area contributed by atoms with E-state index in [2.05, 4.69) is 0 Å². The van der Waals surface area contributed by atoms with Crippen molar-refractivity contribution in [2.24, 2.45) is 5.92 Å². The Balaban J connectivity index is 2.38. The quantitative estimate of drug-likeness (QED) is 0.670. The third kappa shape index (κ3) is 4.40. The minimum absolute atomic E-state index is 0.0624. The van der Waals surface area contributed by atoms with E-state index in [9.17, 15) is 15.3 Å². The Morgan fingerprint density at radius 3 is 2.35 bits per heavy atom. The van der Waals surface area contributed by atoms with Gasteiger partial charge in [0.1, 0.15) is 5.92 Å². The van der Waals surface area contributed by atoms with Crippen molar-refractivity contribution in [2.75, 3.05) is 13.7 Å². The van der Waals surface area contributed by atoms with Gasteiger partial charge in [0.2, 0.25) is 0 Å². The fraction of sp³-hybridized carbons (Fsp3) is 0.286. The summed E-state index contributed by atoms with van der Waals surface area (Å²) < 4.78 is 10.9. The predicted molar refractivity (Wildman–Crippen MR) is 97.0 cm³/mol. The van der Waals surface area contributed by atoms with E-state index in [1.807, 2.05) is 25.1 Å². The minimum Gasteiger partial charge on any atom is -0.493 e. The van der Waals surface area contributed by atoms with E-state index in [1.165, 1.54) is 7.11 Å². The van der Waals surface area contributed by atoms with Crippen molar-refractivity contribution in [1.29, 1.82) is 10.5 Å². The average molecular weight is 348 g/mol. The van der Waals surface area contributed by atoms with Crippen molar-refractivity contribution in [3.05, 3.63) is 59.7 Å². The van der Waals surface area contributed by atoms with Gasteiger partial charge < -0.3 is 9.47 Å². The van der Waals surface area contributed by atoms with Gasteiger partial charge in [0.15, 0.2) is 17.3 Å². The van der Waals surface area contributed by atoms with Crippen LogP contribution in [0.3, 0.4) is 0 Å². The molecule has 5 heteroatoms. The van der Waals surface area contributed by atoms with Crippen molar-refractivity contribution < 1.29 is 14.3 Å². The van der Waals surface area contributed by atoms with Gasteiger partial charge in [-0.2, -0.15) is 10.5 Å². The molecule has 0 amide bonds. The van der Waals surface area contributed by atoms with Crippen molar-refractivity contribution in [1.82, 2.24) is 0 Å². The first kappa shape index (κ1) is 19.0. The molecule has 2 aromatic carbocycles. The number of carbonyl (C=O) groups is 1. The zero-order chi connectivity index (χ0) is 18.9. The summed E-state index contributed by atoms with van der Waals surface area (Å²) in [6.07, 6.45) is 0.0624. The van der Waals surface area contributed by atoms with Crippen LogP contribution in [0.5, 0.6) is 11.5 Å². The topological polar surface area (TPSA) is 83.1 Å². The molecule has 132 valence electrons. The number of benzene rings is 2. The van der Waals surface area contributed by atoms with E-state index in [4.69, 9.17) is 9.47 Å². The lowest BCUT2D eigenvalue weighted by molar-refractivity contribution is 0.0970. The lowest BCUT2D eigenvalue weighted by Gasteiger charge is -2.19. The molecule has 5 nitrogen and oxygen atoms in total. The van der Waals surface area contributed by atoms with Crippen molar-refractivity contribution in [3.63, 3.8) is 0 Å². The van der Waals surface area contributed by atoms with Gasteiger partial charge in [-0.25, -0.2) is 0 Å². The molecule has 0 N–H and O–H groups in total. The number of Topliss-reactive ketones (excluding diaryl/α,β-unsaturated/α-hetero) is 1. The molecule has 0 saturated heterocycles. The van der Waals surface area contributed by atoms with Crippen LogP contribution in [0, 0.1) is 28.6 Å². The molecule has 0 radical (unpaired) electrons. The molecule has 0 heterocycles. The fourth-order valence-electron chi connectivity index (χ4n) is 2.77. The van der Waals surface area contributed by atoms with Crippen LogP contribution in [0.1, 0.15) is 35.2 Å². The van der Waals surface area contributed by atoms with Crippen molar-refractivity contribution >= 4 is 5.78 Å². The van der Waals surface area contributed by atoms with Crippen LogP contribution >= 0.6 is 0 Å². The number of nitrogens with zero attached hydrogens (tertiary/aromatic N) is 2. The van der Waals surface area contributed by atoms with Crippen LogP contribution in [0.15, 0.2) is 48.5 Å². The number of hydrogen-bond acceptors (Lipinski definition) is 5. The summed E-state index contributed by atoms with van der Waals surface area (Å²) in [7, 11) is 1.53. The first-order valence-corrected chi connectivity index (χ1v) is 8.32. The number of ketones is 1. The standard InChI is InChI=1S/C21H20N2O3/c1-3-26-20-10-9-16(11-21(20)25-2)18(17(13-22)14-23)12-19(24)15-7-5-4-6-8-15/h4-11,17-18H,3,12H2,1-2H3. The van der Waals surface area contributed by atoms with E-state index in [1.54, 1.807) is 42.5 Å². The van der Waals surface area contributed by atoms with E-state index in [0.29, 0.717) is 29.2 Å². The van der Waals surface area contributed by atoms with Gasteiger partial charge in [-0.15, -0.1) is 0 Å². The monoisotopic (exact) mass is 348 g/mol. The van der Waals surface area contributed by atoms with E-state index >= 15 is 0 Å². The minimum atomic E-state index is -0.940. The second-order valence-electron chi connectivity index (χ2n) is 5.68. The summed E-state index contributed by atoms with van der Waals surface area (Å²) in [6, 6.07) is 18.1. The second kappa shape index (κ2) is 9.25. The Bertz CT molecular complexity index is 821. The molecule has 0 fully saturated rings. The molecule has 1 atom stereocenters. The highest BCUT2D eigenvalue weighted by atomic mass is 16.5. The maximum atomic E-state index is 12.6. The summed E-state index contributed by atoms with van der Waals surface area (Å²) in [5, 5.41) is 18.7. The van der Waals surface area contributed by atoms with Crippen molar-refractivity contribution in [3.8, 4) is 23.6 Å². The predicted octanol–water partition coefficient (Wildman–Crippen LogP) is 4.11. The summed E-state index contributed by atoms with van der Waals surface area (Å²) >= 11 is 0. The molecule has 0 aromatic heterocycles. The Morgan fingerprint density at radius 1 is 1.08 bits per heavy atom. The Kier molecular flexibility index (Phi) is 6.76. The average Bonchev–Trinajstić information content (AvgIpc) is 2.69. The molecule has 0 spiro atoms. The van der Waals surface area contributed by atoms with Crippen LogP contribution in [0.4, 0.5) is 0 Å². The molecule has 0 saturated carbocycles. The van der Waals surface area contributed by atoms with Crippen molar-refractivity contribution in [2.45, 2.75) is 19.3 Å². The largest absolute Gasteiger partial charge is 0.493 e. The maximum Gasteiger partial charge on any atom is 0.163 e. The lowest BCUT2D eigenvalue weighted by Crippen LogP contribution is -2.15. The molecule has 0 bridgehead atoms. The molecule has 2 rings (SSSR count). The van der Waals surface area contributed by atoms with Gasteiger partial charge in [0, 0.05) is 17.9 Å². The van der Waals surface area contributed by atoms with Gasteiger partial charge in [0.05, 0.1) is 25.9 Å². The highest BCUT2D eigenvalue weighted by Gasteiger charge is 2.27. The van der Waals surface area contributed by atoms with Gasteiger partial charge in [-0.3, -0.25) is 4.79 Å². The molecule has 26 heavy (non-hydrogen) atoms. The van der Waals surface area contributed by atoms with Crippen LogP contribution in [-0.2, 0) is 0 Å². The van der Waals surface area contributed by atoms with Crippen LogP contribution in [0.2, 0.25) is 0 Å². The molecular weight excluding hydrogens is 328 g/mol. The number of carbonyl (C=O) groups excluding carboxylic acids is 1. The van der Waals surface area contributed by atoms with Gasteiger partial charge in [0.25, 0.3) is 0 Å². The Morgan fingerprint density at radius 2 is 1.77 bits per heavy atom. The van der Waals surface area contributed by atoms with Gasteiger partial charge >= 0.3 is 0 Å². The highest BCUT2D eigenvalue weighted by Crippen LogP contribution is 2.35. The van der Waals surface area contributed by atoms with Gasteiger partial charge in [-0.1, -0.05) is 36.4 Å². The first-order valence-electron chi connectivity index (χ1n) is 8.32. The van der Waals surface area contributed by atoms with E-state index in [-0.39, 0.29) is 12.2 Å². The summed E-state index contributed by atoms with van der Waals surface area (Å²) in [6.45, 7) is 2.36. The zero-order valence-electron chi connectivity index (χ0n) is 14.8. The number of methoxy groups -OCH3 is 1.